The van der Waals surface area contributed by atoms with Crippen molar-refractivity contribution >= 4 is 24.0 Å². The van der Waals surface area contributed by atoms with Crippen LogP contribution in [0.2, 0.25) is 0 Å². The molecule has 1 aliphatic rings. The number of hydrogen-bond donors (Lipinski definition) is 1. The molecule has 1 aliphatic heterocycles. The van der Waals surface area contributed by atoms with Crippen molar-refractivity contribution in [2.45, 2.75) is 45.4 Å². The van der Waals surface area contributed by atoms with Gasteiger partial charge in [0.2, 0.25) is 0 Å². The molecule has 9 heteroatoms. The van der Waals surface area contributed by atoms with Crippen LogP contribution in [0.4, 0.5) is 5.82 Å². The third kappa shape index (κ3) is 4.13. The summed E-state index contributed by atoms with van der Waals surface area (Å²) < 4.78 is 19.5. The molecule has 3 aromatic heterocycles. The summed E-state index contributed by atoms with van der Waals surface area (Å²) in [5.74, 6) is 1.50. The second kappa shape index (κ2) is 8.41. The van der Waals surface area contributed by atoms with Crippen molar-refractivity contribution in [3.8, 4) is 17.1 Å². The monoisotopic (exact) mass is 457 g/mol. The van der Waals surface area contributed by atoms with E-state index < -0.39 is 0 Å². The van der Waals surface area contributed by atoms with Gasteiger partial charge in [0.25, 0.3) is 0 Å². The molecular formula is C25H28BN5O3. The third-order valence-electron chi connectivity index (χ3n) is 6.63. The van der Waals surface area contributed by atoms with E-state index >= 15 is 0 Å². The first-order valence-corrected chi connectivity index (χ1v) is 11.3. The molecule has 0 atom stereocenters. The number of nitrogens with one attached hydrogen (secondary N) is 1. The summed E-state index contributed by atoms with van der Waals surface area (Å²) in [6, 6.07) is 14.0. The van der Waals surface area contributed by atoms with Gasteiger partial charge in [-0.05, 0) is 44.8 Å². The second-order valence-corrected chi connectivity index (χ2v) is 9.41. The van der Waals surface area contributed by atoms with Crippen LogP contribution < -0.4 is 15.5 Å². The highest BCUT2D eigenvalue weighted by atomic mass is 16.7. The molecule has 0 bridgehead atoms. The Hall–Kier alpha value is -3.43. The molecule has 0 saturated carbocycles. The van der Waals surface area contributed by atoms with Gasteiger partial charge in [-0.1, -0.05) is 24.3 Å². The summed E-state index contributed by atoms with van der Waals surface area (Å²) >= 11 is 0. The molecule has 1 saturated heterocycles. The Morgan fingerprint density at radius 2 is 1.71 bits per heavy atom. The lowest BCUT2D eigenvalue weighted by atomic mass is 9.79. The van der Waals surface area contributed by atoms with Gasteiger partial charge in [0.15, 0.2) is 0 Å². The number of benzene rings is 1. The predicted octanol–water partition coefficient (Wildman–Crippen LogP) is 3.71. The van der Waals surface area contributed by atoms with Crippen LogP contribution in [0.5, 0.6) is 5.75 Å². The number of ether oxygens (including phenoxy) is 1. The summed E-state index contributed by atoms with van der Waals surface area (Å²) in [5, 5.41) is 3.38. The van der Waals surface area contributed by atoms with Crippen molar-refractivity contribution in [3.63, 3.8) is 0 Å². The van der Waals surface area contributed by atoms with E-state index in [0.29, 0.717) is 6.54 Å². The molecule has 1 N–H and O–H groups in total. The Labute approximate surface area is 199 Å². The summed E-state index contributed by atoms with van der Waals surface area (Å²) in [5.41, 5.74) is 3.90. The number of pyridine rings is 1. The fourth-order valence-electron chi connectivity index (χ4n) is 3.84. The van der Waals surface area contributed by atoms with Gasteiger partial charge in [0.05, 0.1) is 35.9 Å². The van der Waals surface area contributed by atoms with Crippen molar-refractivity contribution < 1.29 is 14.0 Å². The summed E-state index contributed by atoms with van der Waals surface area (Å²) in [7, 11) is 1.28. The molecule has 0 spiro atoms. The van der Waals surface area contributed by atoms with Crippen LogP contribution in [0.25, 0.3) is 17.0 Å². The van der Waals surface area contributed by atoms with Crippen molar-refractivity contribution in [2.24, 2.45) is 0 Å². The number of imidazole rings is 1. The number of aromatic nitrogens is 4. The van der Waals surface area contributed by atoms with Crippen LogP contribution in [0.1, 0.15) is 33.3 Å². The molecule has 4 aromatic rings. The Morgan fingerprint density at radius 1 is 0.971 bits per heavy atom. The highest BCUT2D eigenvalue weighted by Gasteiger charge is 2.51. The maximum atomic E-state index is 6.14. The van der Waals surface area contributed by atoms with Crippen molar-refractivity contribution in [2.75, 3.05) is 12.4 Å². The van der Waals surface area contributed by atoms with Crippen LogP contribution in [-0.2, 0) is 15.9 Å². The average Bonchev–Trinajstić information content (AvgIpc) is 3.34. The summed E-state index contributed by atoms with van der Waals surface area (Å²) in [6.07, 6.45) is 5.28. The van der Waals surface area contributed by atoms with E-state index in [1.165, 1.54) is 0 Å². The van der Waals surface area contributed by atoms with Crippen LogP contribution in [0.3, 0.4) is 0 Å². The molecule has 1 fully saturated rings. The van der Waals surface area contributed by atoms with Gasteiger partial charge in [-0.2, -0.15) is 0 Å². The number of fused-ring (bicyclic) bond motifs is 1. The number of rotatable bonds is 6. The Kier molecular flexibility index (Phi) is 5.54. The first kappa shape index (κ1) is 22.4. The SMILES string of the molecule is COc1ccn2c(-c3cc(NCc4ccc(B5OC(C)(C)C(C)(C)O5)cc4)ncn3)cnc2c1. The molecule has 4 heterocycles. The molecule has 0 radical (unpaired) electrons. The predicted molar refractivity (Wildman–Crippen MR) is 132 cm³/mol. The van der Waals surface area contributed by atoms with Gasteiger partial charge in [0, 0.05) is 24.9 Å². The van der Waals surface area contributed by atoms with E-state index in [-0.39, 0.29) is 18.3 Å². The molecule has 0 amide bonds. The number of hydrogen-bond acceptors (Lipinski definition) is 7. The average molecular weight is 457 g/mol. The van der Waals surface area contributed by atoms with Crippen molar-refractivity contribution in [1.82, 2.24) is 19.4 Å². The molecule has 34 heavy (non-hydrogen) atoms. The van der Waals surface area contributed by atoms with Gasteiger partial charge in [-0.25, -0.2) is 15.0 Å². The topological polar surface area (TPSA) is 82.8 Å². The smallest absolute Gasteiger partial charge is 0.494 e. The standard InChI is InChI=1S/C25H28BN5O3/c1-24(2)25(3,4)34-26(33-24)18-8-6-17(7-9-18)14-27-22-13-20(29-16-30-22)21-15-28-23-12-19(32-5)10-11-31(21)23/h6-13,15-16H,14H2,1-5H3,(H,27,29,30). The lowest BCUT2D eigenvalue weighted by Crippen LogP contribution is -2.41. The normalized spacial score (nSPS) is 16.7. The maximum Gasteiger partial charge on any atom is 0.494 e. The Morgan fingerprint density at radius 3 is 2.41 bits per heavy atom. The largest absolute Gasteiger partial charge is 0.497 e. The van der Waals surface area contributed by atoms with E-state index in [9.17, 15) is 0 Å². The number of methoxy groups -OCH3 is 1. The fourth-order valence-corrected chi connectivity index (χ4v) is 3.84. The minimum atomic E-state index is -0.359. The molecule has 8 nitrogen and oxygen atoms in total. The fraction of sp³-hybridized carbons (Fsp3) is 0.320. The number of nitrogens with zero attached hydrogens (tertiary/aromatic N) is 4. The van der Waals surface area contributed by atoms with Crippen LogP contribution in [0.15, 0.2) is 61.2 Å². The zero-order valence-electron chi connectivity index (χ0n) is 20.1. The van der Waals surface area contributed by atoms with E-state index in [4.69, 9.17) is 14.0 Å². The lowest BCUT2D eigenvalue weighted by molar-refractivity contribution is 0.00578. The zero-order chi connectivity index (χ0) is 23.9. The van der Waals surface area contributed by atoms with Crippen LogP contribution >= 0.6 is 0 Å². The molecule has 0 aliphatic carbocycles. The Bertz CT molecular complexity index is 1300. The third-order valence-corrected chi connectivity index (χ3v) is 6.63. The van der Waals surface area contributed by atoms with Crippen molar-refractivity contribution in [3.05, 3.63) is 66.7 Å². The molecule has 174 valence electrons. The number of anilines is 1. The van der Waals surface area contributed by atoms with Gasteiger partial charge >= 0.3 is 7.12 Å². The Balaban J connectivity index is 1.27. The van der Waals surface area contributed by atoms with E-state index in [1.807, 2.05) is 28.8 Å². The van der Waals surface area contributed by atoms with Gasteiger partial charge < -0.3 is 19.4 Å². The molecule has 0 unspecified atom stereocenters. The maximum absolute atomic E-state index is 6.14. The van der Waals surface area contributed by atoms with E-state index in [1.54, 1.807) is 19.6 Å². The highest BCUT2D eigenvalue weighted by molar-refractivity contribution is 6.62. The summed E-state index contributed by atoms with van der Waals surface area (Å²) in [6.45, 7) is 8.87. The molecule has 5 rings (SSSR count). The lowest BCUT2D eigenvalue weighted by Gasteiger charge is -2.32. The second-order valence-electron chi connectivity index (χ2n) is 9.41. The molecule has 1 aromatic carbocycles. The first-order chi connectivity index (χ1) is 16.3. The van der Waals surface area contributed by atoms with Gasteiger partial charge in [-0.3, -0.25) is 4.40 Å². The molecular weight excluding hydrogens is 429 g/mol. The van der Waals surface area contributed by atoms with Crippen LogP contribution in [0, 0.1) is 0 Å². The first-order valence-electron chi connectivity index (χ1n) is 11.3. The van der Waals surface area contributed by atoms with Gasteiger partial charge in [0.1, 0.15) is 23.5 Å². The van der Waals surface area contributed by atoms with E-state index in [2.05, 4.69) is 72.2 Å². The highest BCUT2D eigenvalue weighted by Crippen LogP contribution is 2.36. The van der Waals surface area contributed by atoms with Gasteiger partial charge in [-0.15, -0.1) is 0 Å². The zero-order valence-corrected chi connectivity index (χ0v) is 20.1. The van der Waals surface area contributed by atoms with Crippen LogP contribution in [-0.4, -0.2) is 44.8 Å². The summed E-state index contributed by atoms with van der Waals surface area (Å²) in [4.78, 5) is 13.3. The minimum absolute atomic E-state index is 0.352. The minimum Gasteiger partial charge on any atom is -0.497 e. The van der Waals surface area contributed by atoms with E-state index in [0.717, 1.165) is 39.6 Å². The quantitative estimate of drug-likeness (QED) is 0.442. The van der Waals surface area contributed by atoms with Crippen molar-refractivity contribution in [1.29, 1.82) is 0 Å².